The highest BCUT2D eigenvalue weighted by atomic mass is 35.5. The number of aliphatic imine (C=N–C) groups is 1. The molecule has 0 fully saturated rings. The van der Waals surface area contributed by atoms with Crippen molar-refractivity contribution in [1.82, 2.24) is 15.5 Å². The third kappa shape index (κ3) is 6.72. The molecular formula is C32H30Cl2N6O4. The zero-order valence-electron chi connectivity index (χ0n) is 24.3. The number of nitrogens with two attached hydrogens (primary N) is 1. The van der Waals surface area contributed by atoms with Gasteiger partial charge < -0.3 is 15.5 Å². The van der Waals surface area contributed by atoms with E-state index in [0.29, 0.717) is 39.0 Å². The zero-order chi connectivity index (χ0) is 31.5. The SMILES string of the molecule is Cc1cccc(Cc2nnc(C(=O)[C@H](NC(=O)CN3C(=O)[C@H](N)N=C(c4ccccc4Cl)c4cc(Cl)ccc43)C(C)C)o2)c1. The summed E-state index contributed by atoms with van der Waals surface area (Å²) in [6.07, 6.45) is -0.965. The van der Waals surface area contributed by atoms with Crippen LogP contribution in [0.25, 0.3) is 0 Å². The number of halogens is 2. The lowest BCUT2D eigenvalue weighted by Gasteiger charge is -2.26. The molecule has 4 aromatic rings. The van der Waals surface area contributed by atoms with Gasteiger partial charge in [0.1, 0.15) is 6.54 Å². The van der Waals surface area contributed by atoms with Gasteiger partial charge in [0.05, 0.1) is 23.9 Å². The van der Waals surface area contributed by atoms with E-state index in [1.807, 2.05) is 31.2 Å². The highest BCUT2D eigenvalue weighted by Gasteiger charge is 2.34. The van der Waals surface area contributed by atoms with Gasteiger partial charge in [0.2, 0.25) is 17.6 Å². The smallest absolute Gasteiger partial charge is 0.286 e. The molecule has 0 unspecified atom stereocenters. The lowest BCUT2D eigenvalue weighted by atomic mass is 9.99. The van der Waals surface area contributed by atoms with Crippen molar-refractivity contribution >= 4 is 52.2 Å². The first-order valence-electron chi connectivity index (χ1n) is 13.9. The molecule has 5 rings (SSSR count). The van der Waals surface area contributed by atoms with E-state index in [1.165, 1.54) is 4.90 Å². The quantitative estimate of drug-likeness (QED) is 0.253. The average Bonchev–Trinajstić information content (AvgIpc) is 3.42. The minimum Gasteiger partial charge on any atom is -0.418 e. The molecule has 0 saturated carbocycles. The number of carbonyl (C=O) groups is 3. The fourth-order valence-electron chi connectivity index (χ4n) is 4.96. The predicted octanol–water partition coefficient (Wildman–Crippen LogP) is 4.77. The highest BCUT2D eigenvalue weighted by Crippen LogP contribution is 2.32. The first kappa shape index (κ1) is 31.1. The van der Waals surface area contributed by atoms with Gasteiger partial charge in [-0.1, -0.05) is 85.1 Å². The summed E-state index contributed by atoms with van der Waals surface area (Å²) in [5.41, 5.74) is 10.0. The van der Waals surface area contributed by atoms with Crippen LogP contribution in [0, 0.1) is 12.8 Å². The molecule has 0 aliphatic carbocycles. The number of carbonyl (C=O) groups excluding carboxylic acids is 3. The maximum absolute atomic E-state index is 13.5. The number of ketones is 1. The van der Waals surface area contributed by atoms with Crippen LogP contribution in [0.5, 0.6) is 0 Å². The van der Waals surface area contributed by atoms with Crippen molar-refractivity contribution < 1.29 is 18.8 Å². The third-order valence-electron chi connectivity index (χ3n) is 7.10. The molecule has 1 aromatic heterocycles. The van der Waals surface area contributed by atoms with Crippen LogP contribution in [0.4, 0.5) is 5.69 Å². The number of Topliss-reactive ketones (excluding diaryl/α,β-unsaturated/α-hetero) is 1. The van der Waals surface area contributed by atoms with Crippen molar-refractivity contribution in [2.75, 3.05) is 11.4 Å². The Balaban J connectivity index is 1.37. The molecule has 0 saturated heterocycles. The second-order valence-corrected chi connectivity index (χ2v) is 11.7. The normalized spacial score (nSPS) is 15.4. The number of hydrogen-bond donors (Lipinski definition) is 2. The monoisotopic (exact) mass is 632 g/mol. The Hall–Kier alpha value is -4.38. The summed E-state index contributed by atoms with van der Waals surface area (Å²) >= 11 is 12.8. The van der Waals surface area contributed by atoms with E-state index in [9.17, 15) is 14.4 Å². The number of benzodiazepines with no additional fused rings is 1. The fourth-order valence-corrected chi connectivity index (χ4v) is 5.36. The molecule has 1 aliphatic rings. The Morgan fingerprint density at radius 1 is 1.02 bits per heavy atom. The Labute approximate surface area is 264 Å². The van der Waals surface area contributed by atoms with Crippen molar-refractivity contribution in [2.24, 2.45) is 16.6 Å². The highest BCUT2D eigenvalue weighted by molar-refractivity contribution is 6.37. The van der Waals surface area contributed by atoms with E-state index in [0.717, 1.165) is 11.1 Å². The van der Waals surface area contributed by atoms with Gasteiger partial charge in [-0.3, -0.25) is 24.3 Å². The summed E-state index contributed by atoms with van der Waals surface area (Å²) in [7, 11) is 0. The molecule has 12 heteroatoms. The number of nitrogens with zero attached hydrogens (tertiary/aromatic N) is 4. The van der Waals surface area contributed by atoms with Crippen molar-refractivity contribution in [3.8, 4) is 0 Å². The molecule has 0 bridgehead atoms. The second kappa shape index (κ2) is 13.1. The van der Waals surface area contributed by atoms with Gasteiger partial charge >= 0.3 is 0 Å². The van der Waals surface area contributed by atoms with E-state index < -0.39 is 36.3 Å². The van der Waals surface area contributed by atoms with Gasteiger partial charge in [-0.2, -0.15) is 0 Å². The molecule has 226 valence electrons. The average molecular weight is 634 g/mol. The van der Waals surface area contributed by atoms with Crippen LogP contribution >= 0.6 is 23.2 Å². The van der Waals surface area contributed by atoms with Crippen LogP contribution in [0.3, 0.4) is 0 Å². The molecule has 2 atom stereocenters. The van der Waals surface area contributed by atoms with E-state index >= 15 is 0 Å². The number of anilines is 1. The number of amides is 2. The van der Waals surface area contributed by atoms with Gasteiger partial charge in [0.15, 0.2) is 6.17 Å². The summed E-state index contributed by atoms with van der Waals surface area (Å²) in [6, 6.07) is 18.7. The van der Waals surface area contributed by atoms with Crippen LogP contribution in [-0.4, -0.2) is 52.3 Å². The predicted molar refractivity (Wildman–Crippen MR) is 168 cm³/mol. The largest absolute Gasteiger partial charge is 0.418 e. The molecular weight excluding hydrogens is 603 g/mol. The van der Waals surface area contributed by atoms with Crippen LogP contribution in [-0.2, 0) is 16.0 Å². The Morgan fingerprint density at radius 3 is 2.52 bits per heavy atom. The molecule has 0 radical (unpaired) electrons. The lowest BCUT2D eigenvalue weighted by molar-refractivity contribution is -0.124. The summed E-state index contributed by atoms with van der Waals surface area (Å²) < 4.78 is 5.68. The minimum absolute atomic E-state index is 0.211. The van der Waals surface area contributed by atoms with Crippen LogP contribution in [0.1, 0.15) is 52.7 Å². The molecule has 2 heterocycles. The molecule has 44 heavy (non-hydrogen) atoms. The maximum Gasteiger partial charge on any atom is 0.286 e. The number of fused-ring (bicyclic) bond motifs is 1. The maximum atomic E-state index is 13.5. The Kier molecular flexibility index (Phi) is 9.24. The molecule has 3 aromatic carbocycles. The number of aromatic nitrogens is 2. The number of hydrogen-bond acceptors (Lipinski definition) is 8. The molecule has 2 amide bonds. The third-order valence-corrected chi connectivity index (χ3v) is 7.67. The Bertz CT molecular complexity index is 1770. The van der Waals surface area contributed by atoms with E-state index in [2.05, 4.69) is 20.5 Å². The van der Waals surface area contributed by atoms with Gasteiger partial charge in [-0.15, -0.1) is 10.2 Å². The number of nitrogens with one attached hydrogen (secondary N) is 1. The topological polar surface area (TPSA) is 144 Å². The molecule has 3 N–H and O–H groups in total. The first-order chi connectivity index (χ1) is 21.0. The van der Waals surface area contributed by atoms with Gasteiger partial charge in [0, 0.05) is 21.2 Å². The summed E-state index contributed by atoms with van der Waals surface area (Å²) in [5.74, 6) is -2.01. The standard InChI is InChI=1S/C32H30Cl2N6O4/c1-17(2)27(29(42)31-39-38-26(44-31)14-19-8-6-7-18(3)13-19)36-25(41)16-40-24-12-11-20(33)15-22(24)28(37-30(35)32(40)43)21-9-4-5-10-23(21)34/h4-13,15,17,27,30H,14,16,35H2,1-3H3,(H,36,41)/t27-,30-/m1/s1. The van der Waals surface area contributed by atoms with Crippen molar-refractivity contribution in [2.45, 2.75) is 39.4 Å². The zero-order valence-corrected chi connectivity index (χ0v) is 25.8. The minimum atomic E-state index is -1.33. The van der Waals surface area contributed by atoms with E-state index in [4.69, 9.17) is 33.4 Å². The number of benzene rings is 3. The molecule has 10 nitrogen and oxygen atoms in total. The van der Waals surface area contributed by atoms with Gasteiger partial charge in [-0.25, -0.2) is 0 Å². The van der Waals surface area contributed by atoms with E-state index in [1.54, 1.807) is 56.3 Å². The van der Waals surface area contributed by atoms with Crippen LogP contribution < -0.4 is 16.0 Å². The van der Waals surface area contributed by atoms with Gasteiger partial charge in [0.25, 0.3) is 11.8 Å². The summed E-state index contributed by atoms with van der Waals surface area (Å²) in [4.78, 5) is 46.0. The molecule has 1 aliphatic heterocycles. The van der Waals surface area contributed by atoms with Crippen LogP contribution in [0.2, 0.25) is 10.0 Å². The molecule has 0 spiro atoms. The van der Waals surface area contributed by atoms with Gasteiger partial charge in [-0.05, 0) is 42.7 Å². The number of aryl methyl sites for hydroxylation is 1. The fraction of sp³-hybridized carbons (Fsp3) is 0.250. The van der Waals surface area contributed by atoms with Crippen molar-refractivity contribution in [1.29, 1.82) is 0 Å². The second-order valence-electron chi connectivity index (χ2n) is 10.8. The van der Waals surface area contributed by atoms with Crippen molar-refractivity contribution in [3.63, 3.8) is 0 Å². The lowest BCUT2D eigenvalue weighted by Crippen LogP contribution is -2.51. The summed E-state index contributed by atoms with van der Waals surface area (Å²) in [6.45, 7) is 5.10. The number of rotatable bonds is 9. The summed E-state index contributed by atoms with van der Waals surface area (Å²) in [5, 5.41) is 11.5. The first-order valence-corrected chi connectivity index (χ1v) is 14.7. The van der Waals surface area contributed by atoms with Crippen molar-refractivity contribution in [3.05, 3.63) is 111 Å². The van der Waals surface area contributed by atoms with Crippen LogP contribution in [0.15, 0.2) is 76.1 Å². The Morgan fingerprint density at radius 2 is 1.80 bits per heavy atom. The van der Waals surface area contributed by atoms with E-state index in [-0.39, 0.29) is 17.7 Å².